The van der Waals surface area contributed by atoms with Gasteiger partial charge in [-0.25, -0.2) is 8.42 Å². The lowest BCUT2D eigenvalue weighted by molar-refractivity contribution is -0.155. The summed E-state index contributed by atoms with van der Waals surface area (Å²) >= 11 is 0. The van der Waals surface area contributed by atoms with E-state index in [0.717, 1.165) is 0 Å². The monoisotopic (exact) mass is 279 g/mol. The second-order valence-corrected chi connectivity index (χ2v) is 6.87. The fraction of sp³-hybridized carbons (Fsp3) is 0.917. The first-order chi connectivity index (χ1) is 8.37. The Morgan fingerprint density at radius 1 is 1.28 bits per heavy atom. The molecule has 0 aliphatic carbocycles. The van der Waals surface area contributed by atoms with Crippen molar-refractivity contribution in [2.75, 3.05) is 24.7 Å². The van der Waals surface area contributed by atoms with Crippen molar-refractivity contribution in [2.24, 2.45) is 11.1 Å². The van der Waals surface area contributed by atoms with Crippen molar-refractivity contribution in [1.82, 2.24) is 0 Å². The van der Waals surface area contributed by atoms with E-state index in [9.17, 15) is 13.2 Å². The van der Waals surface area contributed by atoms with E-state index < -0.39 is 15.3 Å². The van der Waals surface area contributed by atoms with E-state index in [1.54, 1.807) is 13.8 Å². The SMILES string of the molecule is CCOC(=O)C(CC)(CN)CCCS(=O)(=O)CC. The number of sulfone groups is 1. The van der Waals surface area contributed by atoms with E-state index in [4.69, 9.17) is 10.5 Å². The highest BCUT2D eigenvalue weighted by molar-refractivity contribution is 7.91. The lowest BCUT2D eigenvalue weighted by atomic mass is 9.81. The molecule has 0 heterocycles. The summed E-state index contributed by atoms with van der Waals surface area (Å²) in [5.74, 6) is -0.0809. The standard InChI is InChI=1S/C12H25NO4S/c1-4-12(10-13,11(14)17-5-2)8-7-9-18(15,16)6-3/h4-10,13H2,1-3H3. The molecule has 0 aromatic carbocycles. The number of hydrogen-bond acceptors (Lipinski definition) is 5. The van der Waals surface area contributed by atoms with Crippen LogP contribution in [0.1, 0.15) is 40.0 Å². The van der Waals surface area contributed by atoms with Crippen LogP contribution >= 0.6 is 0 Å². The Balaban J connectivity index is 4.58. The molecule has 0 aromatic rings. The van der Waals surface area contributed by atoms with Crippen LogP contribution in [0.25, 0.3) is 0 Å². The summed E-state index contributed by atoms with van der Waals surface area (Å²) in [6.07, 6.45) is 1.46. The lowest BCUT2D eigenvalue weighted by Crippen LogP contribution is -2.40. The van der Waals surface area contributed by atoms with Gasteiger partial charge in [0.25, 0.3) is 0 Å². The Bertz CT molecular complexity index is 347. The second-order valence-electron chi connectivity index (χ2n) is 4.40. The van der Waals surface area contributed by atoms with Crippen molar-refractivity contribution >= 4 is 15.8 Å². The van der Waals surface area contributed by atoms with Crippen LogP contribution in [0.2, 0.25) is 0 Å². The molecule has 18 heavy (non-hydrogen) atoms. The average Bonchev–Trinajstić information content (AvgIpc) is 2.35. The first-order valence-corrected chi connectivity index (χ1v) is 8.27. The zero-order valence-corrected chi connectivity index (χ0v) is 12.4. The third kappa shape index (κ3) is 4.94. The van der Waals surface area contributed by atoms with Gasteiger partial charge in [-0.3, -0.25) is 4.79 Å². The first kappa shape index (κ1) is 17.4. The van der Waals surface area contributed by atoms with Gasteiger partial charge in [0.2, 0.25) is 0 Å². The number of carbonyl (C=O) groups is 1. The number of nitrogens with two attached hydrogens (primary N) is 1. The Morgan fingerprint density at radius 3 is 2.28 bits per heavy atom. The molecule has 0 saturated carbocycles. The van der Waals surface area contributed by atoms with E-state index in [0.29, 0.717) is 25.9 Å². The lowest BCUT2D eigenvalue weighted by Gasteiger charge is -2.28. The molecule has 2 N–H and O–H groups in total. The molecule has 0 aromatic heterocycles. The van der Waals surface area contributed by atoms with E-state index in [1.165, 1.54) is 0 Å². The molecule has 0 rings (SSSR count). The molecule has 6 heteroatoms. The van der Waals surface area contributed by atoms with Crippen LogP contribution in [0.5, 0.6) is 0 Å². The molecule has 5 nitrogen and oxygen atoms in total. The van der Waals surface area contributed by atoms with E-state index in [1.807, 2.05) is 6.92 Å². The Morgan fingerprint density at radius 2 is 1.89 bits per heavy atom. The summed E-state index contributed by atoms with van der Waals surface area (Å²) < 4.78 is 27.8. The van der Waals surface area contributed by atoms with Crippen molar-refractivity contribution in [3.05, 3.63) is 0 Å². The minimum atomic E-state index is -2.99. The minimum absolute atomic E-state index is 0.102. The van der Waals surface area contributed by atoms with Crippen molar-refractivity contribution in [3.63, 3.8) is 0 Å². The molecule has 0 aliphatic heterocycles. The Kier molecular flexibility index (Phi) is 7.47. The van der Waals surface area contributed by atoms with Crippen molar-refractivity contribution in [2.45, 2.75) is 40.0 Å². The van der Waals surface area contributed by atoms with Crippen LogP contribution in [0, 0.1) is 5.41 Å². The van der Waals surface area contributed by atoms with Crippen LogP contribution in [0.4, 0.5) is 0 Å². The van der Waals surface area contributed by atoms with Crippen molar-refractivity contribution < 1.29 is 17.9 Å². The van der Waals surface area contributed by atoms with Crippen LogP contribution in [0.15, 0.2) is 0 Å². The molecular formula is C12H25NO4S. The zero-order valence-electron chi connectivity index (χ0n) is 11.6. The molecule has 1 unspecified atom stereocenters. The van der Waals surface area contributed by atoms with Gasteiger partial charge >= 0.3 is 5.97 Å². The molecule has 0 amide bonds. The topological polar surface area (TPSA) is 86.5 Å². The van der Waals surface area contributed by atoms with Crippen LogP contribution < -0.4 is 5.73 Å². The maximum atomic E-state index is 11.9. The fourth-order valence-electron chi connectivity index (χ4n) is 1.81. The maximum absolute atomic E-state index is 11.9. The summed E-state index contributed by atoms with van der Waals surface area (Å²) in [5.41, 5.74) is 4.94. The molecule has 1 atom stereocenters. The minimum Gasteiger partial charge on any atom is -0.466 e. The number of carbonyl (C=O) groups excluding carboxylic acids is 1. The summed E-state index contributed by atoms with van der Waals surface area (Å²) in [6, 6.07) is 0. The number of ether oxygens (including phenoxy) is 1. The summed E-state index contributed by atoms with van der Waals surface area (Å²) in [4.78, 5) is 11.9. The number of esters is 1. The summed E-state index contributed by atoms with van der Waals surface area (Å²) in [5, 5.41) is 0. The van der Waals surface area contributed by atoms with Gasteiger partial charge in [0.05, 0.1) is 17.8 Å². The molecule has 0 radical (unpaired) electrons. The van der Waals surface area contributed by atoms with E-state index in [-0.39, 0.29) is 24.0 Å². The van der Waals surface area contributed by atoms with Gasteiger partial charge < -0.3 is 10.5 Å². The highest BCUT2D eigenvalue weighted by Crippen LogP contribution is 2.29. The van der Waals surface area contributed by atoms with Gasteiger partial charge in [0.1, 0.15) is 9.84 Å². The van der Waals surface area contributed by atoms with Crippen molar-refractivity contribution in [3.8, 4) is 0 Å². The maximum Gasteiger partial charge on any atom is 0.313 e. The molecular weight excluding hydrogens is 254 g/mol. The van der Waals surface area contributed by atoms with Crippen LogP contribution in [0.3, 0.4) is 0 Å². The van der Waals surface area contributed by atoms with Gasteiger partial charge in [-0.15, -0.1) is 0 Å². The Hall–Kier alpha value is -0.620. The highest BCUT2D eigenvalue weighted by atomic mass is 32.2. The predicted octanol–water partition coefficient (Wildman–Crippen LogP) is 1.12. The van der Waals surface area contributed by atoms with Gasteiger partial charge in [-0.2, -0.15) is 0 Å². The van der Waals surface area contributed by atoms with Gasteiger partial charge in [-0.05, 0) is 26.2 Å². The van der Waals surface area contributed by atoms with Crippen LogP contribution in [-0.2, 0) is 19.4 Å². The predicted molar refractivity (Wildman–Crippen MR) is 72.0 cm³/mol. The summed E-state index contributed by atoms with van der Waals surface area (Å²) in [6.45, 7) is 5.74. The zero-order chi connectivity index (χ0) is 14.2. The third-order valence-corrected chi connectivity index (χ3v) is 5.12. The van der Waals surface area contributed by atoms with E-state index >= 15 is 0 Å². The largest absolute Gasteiger partial charge is 0.466 e. The summed E-state index contributed by atoms with van der Waals surface area (Å²) in [7, 11) is -2.99. The van der Waals surface area contributed by atoms with Gasteiger partial charge in [0.15, 0.2) is 0 Å². The Labute approximate surface area is 110 Å². The molecule has 108 valence electrons. The third-order valence-electron chi connectivity index (χ3n) is 3.33. The van der Waals surface area contributed by atoms with Crippen LogP contribution in [-0.4, -0.2) is 39.0 Å². The average molecular weight is 279 g/mol. The van der Waals surface area contributed by atoms with Gasteiger partial charge in [-0.1, -0.05) is 13.8 Å². The molecule has 0 bridgehead atoms. The first-order valence-electron chi connectivity index (χ1n) is 6.45. The quantitative estimate of drug-likeness (QED) is 0.639. The van der Waals surface area contributed by atoms with E-state index in [2.05, 4.69) is 0 Å². The second kappa shape index (κ2) is 7.74. The van der Waals surface area contributed by atoms with Gasteiger partial charge in [0, 0.05) is 12.3 Å². The molecule has 0 fully saturated rings. The fourth-order valence-corrected chi connectivity index (χ4v) is 2.68. The normalized spacial score (nSPS) is 15.1. The molecule has 0 spiro atoms. The molecule has 0 saturated heterocycles. The highest BCUT2D eigenvalue weighted by Gasteiger charge is 2.36. The smallest absolute Gasteiger partial charge is 0.313 e. The number of rotatable bonds is 9. The molecule has 0 aliphatic rings. The van der Waals surface area contributed by atoms with Crippen molar-refractivity contribution in [1.29, 1.82) is 0 Å². The number of hydrogen-bond donors (Lipinski definition) is 1.